The monoisotopic (exact) mass is 423 g/mol. The number of carbonyl (C=O) groups is 1. The average Bonchev–Trinajstić information content (AvgIpc) is 3.25. The van der Waals surface area contributed by atoms with Crippen molar-refractivity contribution in [2.75, 3.05) is 16.8 Å². The van der Waals surface area contributed by atoms with Crippen molar-refractivity contribution in [3.63, 3.8) is 0 Å². The van der Waals surface area contributed by atoms with Gasteiger partial charge in [-0.25, -0.2) is 0 Å². The second-order valence-corrected chi connectivity index (χ2v) is 8.96. The molecular weight excluding hydrogens is 398 g/mol. The SMILES string of the molecule is Cc1ccc(Nc2cc(N3CCCCC3C)c3noc4c3c2C(=O)c2ccccc2-4)cc1. The summed E-state index contributed by atoms with van der Waals surface area (Å²) in [6.07, 6.45) is 3.54. The molecule has 0 amide bonds. The molecule has 0 bridgehead atoms. The van der Waals surface area contributed by atoms with Crippen LogP contribution in [0.5, 0.6) is 0 Å². The molecule has 1 fully saturated rings. The van der Waals surface area contributed by atoms with E-state index in [4.69, 9.17) is 4.52 Å². The lowest BCUT2D eigenvalue weighted by atomic mass is 9.86. The fraction of sp³-hybridized carbons (Fsp3) is 0.259. The maximum Gasteiger partial charge on any atom is 0.196 e. The standard InChI is InChI=1S/C27H25N3O2/c1-16-10-12-18(13-11-16)28-21-15-22(30-14-6-5-7-17(30)2)25-24-23(21)26(31)19-8-3-4-9-20(19)27(24)32-29-25/h3-4,8-13,15,17,28H,5-7,14H2,1-2H3. The number of aryl methyl sites for hydroxylation is 1. The topological polar surface area (TPSA) is 58.4 Å². The van der Waals surface area contributed by atoms with Crippen LogP contribution in [0.2, 0.25) is 0 Å². The van der Waals surface area contributed by atoms with Gasteiger partial charge in [-0.05, 0) is 51.3 Å². The van der Waals surface area contributed by atoms with Crippen molar-refractivity contribution in [3.8, 4) is 11.3 Å². The molecule has 6 rings (SSSR count). The fourth-order valence-electron chi connectivity index (χ4n) is 5.11. The molecule has 1 unspecified atom stereocenters. The molecule has 2 aliphatic rings. The minimum Gasteiger partial charge on any atom is -0.367 e. The zero-order chi connectivity index (χ0) is 21.8. The van der Waals surface area contributed by atoms with E-state index in [-0.39, 0.29) is 5.78 Å². The zero-order valence-corrected chi connectivity index (χ0v) is 18.3. The normalized spacial score (nSPS) is 17.5. The molecule has 1 saturated heterocycles. The maximum absolute atomic E-state index is 13.7. The highest BCUT2D eigenvalue weighted by Crippen LogP contribution is 2.47. The highest BCUT2D eigenvalue weighted by Gasteiger charge is 2.34. The predicted molar refractivity (Wildman–Crippen MR) is 128 cm³/mol. The van der Waals surface area contributed by atoms with Crippen LogP contribution in [0.15, 0.2) is 59.1 Å². The quantitative estimate of drug-likeness (QED) is 0.360. The minimum atomic E-state index is 0.00848. The van der Waals surface area contributed by atoms with Crippen molar-refractivity contribution >= 4 is 33.7 Å². The molecular formula is C27H25N3O2. The smallest absolute Gasteiger partial charge is 0.196 e. The molecule has 0 saturated carbocycles. The summed E-state index contributed by atoms with van der Waals surface area (Å²) >= 11 is 0. The number of carbonyl (C=O) groups excluding carboxylic acids is 1. The van der Waals surface area contributed by atoms with Gasteiger partial charge in [0.1, 0.15) is 5.52 Å². The average molecular weight is 424 g/mol. The molecule has 1 aliphatic carbocycles. The molecule has 5 nitrogen and oxygen atoms in total. The van der Waals surface area contributed by atoms with Crippen LogP contribution in [0.1, 0.15) is 47.7 Å². The first-order valence-electron chi connectivity index (χ1n) is 11.3. The maximum atomic E-state index is 13.7. The van der Waals surface area contributed by atoms with E-state index in [1.807, 2.05) is 36.4 Å². The number of hydrogen-bond acceptors (Lipinski definition) is 5. The molecule has 1 N–H and O–H groups in total. The highest BCUT2D eigenvalue weighted by molar-refractivity contribution is 6.28. The van der Waals surface area contributed by atoms with Crippen LogP contribution in [-0.2, 0) is 0 Å². The van der Waals surface area contributed by atoms with Gasteiger partial charge in [0.15, 0.2) is 11.5 Å². The van der Waals surface area contributed by atoms with Crippen LogP contribution in [0.4, 0.5) is 17.1 Å². The zero-order valence-electron chi connectivity index (χ0n) is 18.3. The van der Waals surface area contributed by atoms with Crippen LogP contribution >= 0.6 is 0 Å². The Hall–Kier alpha value is -3.60. The summed E-state index contributed by atoms with van der Waals surface area (Å²) in [7, 11) is 0. The second kappa shape index (κ2) is 7.23. The molecule has 2 heterocycles. The third-order valence-corrected chi connectivity index (χ3v) is 6.82. The van der Waals surface area contributed by atoms with Crippen molar-refractivity contribution < 1.29 is 9.32 Å². The third kappa shape index (κ3) is 2.84. The third-order valence-electron chi connectivity index (χ3n) is 6.82. The Balaban J connectivity index is 1.62. The summed E-state index contributed by atoms with van der Waals surface area (Å²) in [5.74, 6) is 0.692. The number of anilines is 3. The van der Waals surface area contributed by atoms with E-state index < -0.39 is 0 Å². The van der Waals surface area contributed by atoms with Crippen LogP contribution in [0.3, 0.4) is 0 Å². The van der Waals surface area contributed by atoms with E-state index in [2.05, 4.69) is 47.4 Å². The molecule has 4 aromatic rings. The van der Waals surface area contributed by atoms with E-state index in [1.54, 1.807) is 0 Å². The van der Waals surface area contributed by atoms with Gasteiger partial charge < -0.3 is 14.7 Å². The number of nitrogens with one attached hydrogen (secondary N) is 1. The van der Waals surface area contributed by atoms with Crippen molar-refractivity contribution in [1.29, 1.82) is 0 Å². The van der Waals surface area contributed by atoms with E-state index in [9.17, 15) is 4.79 Å². The van der Waals surface area contributed by atoms with Gasteiger partial charge in [-0.3, -0.25) is 4.79 Å². The molecule has 1 atom stereocenters. The van der Waals surface area contributed by atoms with Gasteiger partial charge >= 0.3 is 0 Å². The number of rotatable bonds is 3. The molecule has 0 spiro atoms. The Bertz CT molecular complexity index is 1350. The van der Waals surface area contributed by atoms with E-state index >= 15 is 0 Å². The number of aromatic nitrogens is 1. The van der Waals surface area contributed by atoms with E-state index in [0.29, 0.717) is 22.9 Å². The van der Waals surface area contributed by atoms with Crippen LogP contribution < -0.4 is 10.2 Å². The summed E-state index contributed by atoms with van der Waals surface area (Å²) in [6.45, 7) is 5.31. The lowest BCUT2D eigenvalue weighted by molar-refractivity contribution is 0.104. The summed E-state index contributed by atoms with van der Waals surface area (Å²) in [4.78, 5) is 16.1. The molecule has 32 heavy (non-hydrogen) atoms. The number of piperidine rings is 1. The first kappa shape index (κ1) is 19.1. The van der Waals surface area contributed by atoms with Crippen molar-refractivity contribution in [1.82, 2.24) is 5.16 Å². The van der Waals surface area contributed by atoms with Gasteiger partial charge in [0, 0.05) is 29.4 Å². The summed E-state index contributed by atoms with van der Waals surface area (Å²) in [5, 5.41) is 8.85. The molecule has 5 heteroatoms. The number of benzene rings is 3. The number of hydrogen-bond donors (Lipinski definition) is 1. The van der Waals surface area contributed by atoms with Gasteiger partial charge in [-0.15, -0.1) is 0 Å². The van der Waals surface area contributed by atoms with Crippen molar-refractivity contribution in [2.45, 2.75) is 39.2 Å². The Labute approximate surface area is 187 Å². The Kier molecular flexibility index (Phi) is 4.32. The van der Waals surface area contributed by atoms with E-state index in [1.165, 1.54) is 12.0 Å². The largest absolute Gasteiger partial charge is 0.367 e. The Morgan fingerprint density at radius 2 is 1.84 bits per heavy atom. The summed E-state index contributed by atoms with van der Waals surface area (Å²) in [6, 6.07) is 18.4. The lowest BCUT2D eigenvalue weighted by Crippen LogP contribution is -2.37. The van der Waals surface area contributed by atoms with Crippen LogP contribution in [0.25, 0.3) is 22.2 Å². The second-order valence-electron chi connectivity index (χ2n) is 8.96. The molecule has 0 radical (unpaired) electrons. The van der Waals surface area contributed by atoms with Gasteiger partial charge in [-0.2, -0.15) is 0 Å². The lowest BCUT2D eigenvalue weighted by Gasteiger charge is -2.36. The van der Waals surface area contributed by atoms with Crippen molar-refractivity contribution in [2.24, 2.45) is 0 Å². The number of nitrogens with zero attached hydrogens (tertiary/aromatic N) is 2. The number of ketones is 1. The summed E-state index contributed by atoms with van der Waals surface area (Å²) < 4.78 is 5.90. The van der Waals surface area contributed by atoms with E-state index in [0.717, 1.165) is 52.9 Å². The molecule has 160 valence electrons. The Morgan fingerprint density at radius 1 is 1.06 bits per heavy atom. The first-order valence-corrected chi connectivity index (χ1v) is 11.3. The Morgan fingerprint density at radius 3 is 2.62 bits per heavy atom. The molecule has 1 aliphatic heterocycles. The van der Waals surface area contributed by atoms with Gasteiger partial charge in [0.2, 0.25) is 0 Å². The molecule has 1 aromatic heterocycles. The summed E-state index contributed by atoms with van der Waals surface area (Å²) in [5.41, 5.74) is 6.88. The van der Waals surface area contributed by atoms with Crippen LogP contribution in [-0.4, -0.2) is 23.5 Å². The van der Waals surface area contributed by atoms with Gasteiger partial charge in [-0.1, -0.05) is 47.1 Å². The number of fused-ring (bicyclic) bond motifs is 2. The fourth-order valence-corrected chi connectivity index (χ4v) is 5.11. The minimum absolute atomic E-state index is 0.00848. The first-order chi connectivity index (χ1) is 15.6. The van der Waals surface area contributed by atoms with Crippen molar-refractivity contribution in [3.05, 3.63) is 71.3 Å². The van der Waals surface area contributed by atoms with Crippen LogP contribution in [0, 0.1) is 6.92 Å². The van der Waals surface area contributed by atoms with Gasteiger partial charge in [0.25, 0.3) is 0 Å². The predicted octanol–water partition coefficient (Wildman–Crippen LogP) is 6.47. The molecule has 3 aromatic carbocycles. The van der Waals surface area contributed by atoms with Gasteiger partial charge in [0.05, 0.1) is 22.3 Å². The highest BCUT2D eigenvalue weighted by atomic mass is 16.5.